The lowest BCUT2D eigenvalue weighted by Crippen LogP contribution is -2.33. The minimum atomic E-state index is -0.0988. The van der Waals surface area contributed by atoms with Gasteiger partial charge in [0.05, 0.1) is 6.54 Å². The van der Waals surface area contributed by atoms with Crippen molar-refractivity contribution in [3.63, 3.8) is 0 Å². The Hall–Kier alpha value is -2.82. The van der Waals surface area contributed by atoms with Crippen molar-refractivity contribution in [1.29, 1.82) is 0 Å². The van der Waals surface area contributed by atoms with Crippen molar-refractivity contribution in [3.05, 3.63) is 54.1 Å². The van der Waals surface area contributed by atoms with Gasteiger partial charge in [0.1, 0.15) is 0 Å². The number of aryl methyl sites for hydroxylation is 1. The number of para-hydroxylation sites is 1. The first-order valence-corrected chi connectivity index (χ1v) is 8.92. The van der Waals surface area contributed by atoms with Gasteiger partial charge in [-0.05, 0) is 43.7 Å². The number of anilines is 3. The summed E-state index contributed by atoms with van der Waals surface area (Å²) < 4.78 is 0. The van der Waals surface area contributed by atoms with Crippen LogP contribution in [0.25, 0.3) is 0 Å². The first kappa shape index (κ1) is 19.5. The van der Waals surface area contributed by atoms with E-state index in [2.05, 4.69) is 10.6 Å². The maximum absolute atomic E-state index is 12.5. The number of hydrogen-bond acceptors (Lipinski definition) is 3. The Balaban J connectivity index is 2.07. The largest absolute Gasteiger partial charge is 0.362 e. The Morgan fingerprint density at radius 2 is 1.73 bits per heavy atom. The normalized spacial score (nSPS) is 10.5. The van der Waals surface area contributed by atoms with Crippen LogP contribution in [0.1, 0.15) is 26.3 Å². The van der Waals surface area contributed by atoms with E-state index < -0.39 is 0 Å². The molecule has 0 aromatic heterocycles. The SMILES string of the molecule is CCN(CC(=O)Nc1cc(NC(=O)C(C)C)ccc1C)c1ccccc1. The van der Waals surface area contributed by atoms with Gasteiger partial charge in [0.2, 0.25) is 11.8 Å². The lowest BCUT2D eigenvalue weighted by atomic mass is 10.1. The van der Waals surface area contributed by atoms with E-state index >= 15 is 0 Å². The molecule has 0 radical (unpaired) electrons. The molecule has 0 aliphatic heterocycles. The average molecular weight is 353 g/mol. The van der Waals surface area contributed by atoms with Gasteiger partial charge < -0.3 is 15.5 Å². The molecular weight excluding hydrogens is 326 g/mol. The fourth-order valence-electron chi connectivity index (χ4n) is 2.51. The Morgan fingerprint density at radius 1 is 1.04 bits per heavy atom. The molecular formula is C21H27N3O2. The predicted octanol–water partition coefficient (Wildman–Crippen LogP) is 4.05. The lowest BCUT2D eigenvalue weighted by molar-refractivity contribution is -0.119. The molecule has 2 aromatic rings. The summed E-state index contributed by atoms with van der Waals surface area (Å²) in [6.45, 7) is 8.64. The molecule has 0 aliphatic rings. The molecule has 0 atom stereocenters. The fraction of sp³-hybridized carbons (Fsp3) is 0.333. The zero-order chi connectivity index (χ0) is 19.1. The van der Waals surface area contributed by atoms with E-state index in [0.717, 1.165) is 17.8 Å². The highest BCUT2D eigenvalue weighted by atomic mass is 16.2. The van der Waals surface area contributed by atoms with Crippen LogP contribution in [-0.4, -0.2) is 24.9 Å². The molecule has 0 heterocycles. The summed E-state index contributed by atoms with van der Waals surface area (Å²) in [6.07, 6.45) is 0. The number of carbonyl (C=O) groups is 2. The third-order valence-corrected chi connectivity index (χ3v) is 4.14. The van der Waals surface area contributed by atoms with E-state index in [1.807, 2.05) is 75.1 Å². The number of nitrogens with one attached hydrogen (secondary N) is 2. The zero-order valence-corrected chi connectivity index (χ0v) is 15.9. The molecule has 26 heavy (non-hydrogen) atoms. The maximum Gasteiger partial charge on any atom is 0.243 e. The Labute approximate surface area is 155 Å². The summed E-state index contributed by atoms with van der Waals surface area (Å²) >= 11 is 0. The van der Waals surface area contributed by atoms with Crippen molar-refractivity contribution in [3.8, 4) is 0 Å². The molecule has 0 aliphatic carbocycles. The zero-order valence-electron chi connectivity index (χ0n) is 15.9. The van der Waals surface area contributed by atoms with Crippen molar-refractivity contribution >= 4 is 28.9 Å². The van der Waals surface area contributed by atoms with Gasteiger partial charge in [0.25, 0.3) is 0 Å². The topological polar surface area (TPSA) is 61.4 Å². The fourth-order valence-corrected chi connectivity index (χ4v) is 2.51. The van der Waals surface area contributed by atoms with Crippen molar-refractivity contribution in [2.45, 2.75) is 27.7 Å². The van der Waals surface area contributed by atoms with Gasteiger partial charge in [-0.25, -0.2) is 0 Å². The second-order valence-electron chi connectivity index (χ2n) is 6.57. The number of carbonyl (C=O) groups excluding carboxylic acids is 2. The van der Waals surface area contributed by atoms with Gasteiger partial charge >= 0.3 is 0 Å². The second kappa shape index (κ2) is 9.04. The summed E-state index contributed by atoms with van der Waals surface area (Å²) in [5.41, 5.74) is 3.35. The van der Waals surface area contributed by atoms with E-state index in [4.69, 9.17) is 0 Å². The molecule has 2 aromatic carbocycles. The van der Waals surface area contributed by atoms with Gasteiger partial charge in [-0.2, -0.15) is 0 Å². The number of amides is 2. The van der Waals surface area contributed by atoms with Gasteiger partial charge in [-0.3, -0.25) is 9.59 Å². The van der Waals surface area contributed by atoms with Crippen LogP contribution in [0.15, 0.2) is 48.5 Å². The van der Waals surface area contributed by atoms with Crippen LogP contribution < -0.4 is 15.5 Å². The molecule has 5 heteroatoms. The summed E-state index contributed by atoms with van der Waals surface area (Å²) in [5, 5.41) is 5.82. The highest BCUT2D eigenvalue weighted by molar-refractivity contribution is 5.97. The van der Waals surface area contributed by atoms with Gasteiger partial charge in [0.15, 0.2) is 0 Å². The van der Waals surface area contributed by atoms with Crippen molar-refractivity contribution < 1.29 is 9.59 Å². The van der Waals surface area contributed by atoms with Crippen LogP contribution in [0.3, 0.4) is 0 Å². The Kier molecular flexibility index (Phi) is 6.78. The summed E-state index contributed by atoms with van der Waals surface area (Å²) in [6, 6.07) is 15.4. The highest BCUT2D eigenvalue weighted by Crippen LogP contribution is 2.21. The Morgan fingerprint density at radius 3 is 2.35 bits per heavy atom. The molecule has 5 nitrogen and oxygen atoms in total. The van der Waals surface area contributed by atoms with E-state index in [1.54, 1.807) is 6.07 Å². The lowest BCUT2D eigenvalue weighted by Gasteiger charge is -2.22. The molecule has 0 spiro atoms. The van der Waals surface area contributed by atoms with Crippen molar-refractivity contribution in [2.75, 3.05) is 28.6 Å². The molecule has 0 saturated carbocycles. The molecule has 2 amide bonds. The van der Waals surface area contributed by atoms with Crippen molar-refractivity contribution in [2.24, 2.45) is 5.92 Å². The number of rotatable bonds is 7. The van der Waals surface area contributed by atoms with Crippen LogP contribution in [0.2, 0.25) is 0 Å². The van der Waals surface area contributed by atoms with Gasteiger partial charge in [-0.15, -0.1) is 0 Å². The highest BCUT2D eigenvalue weighted by Gasteiger charge is 2.12. The van der Waals surface area contributed by atoms with E-state index in [0.29, 0.717) is 11.4 Å². The minimum Gasteiger partial charge on any atom is -0.362 e. The molecule has 138 valence electrons. The van der Waals surface area contributed by atoms with Crippen LogP contribution in [0.4, 0.5) is 17.1 Å². The molecule has 2 N–H and O–H groups in total. The van der Waals surface area contributed by atoms with Crippen LogP contribution in [-0.2, 0) is 9.59 Å². The average Bonchev–Trinajstić information content (AvgIpc) is 2.63. The molecule has 0 saturated heterocycles. The summed E-state index contributed by atoms with van der Waals surface area (Å²) in [5.74, 6) is -0.239. The van der Waals surface area contributed by atoms with E-state index in [9.17, 15) is 9.59 Å². The third kappa shape index (κ3) is 5.34. The van der Waals surface area contributed by atoms with Crippen LogP contribution in [0, 0.1) is 12.8 Å². The summed E-state index contributed by atoms with van der Waals surface area (Å²) in [7, 11) is 0. The van der Waals surface area contributed by atoms with Crippen LogP contribution in [0.5, 0.6) is 0 Å². The quantitative estimate of drug-likeness (QED) is 0.789. The van der Waals surface area contributed by atoms with Gasteiger partial charge in [0, 0.05) is 29.5 Å². The smallest absolute Gasteiger partial charge is 0.243 e. The number of benzene rings is 2. The van der Waals surface area contributed by atoms with Crippen molar-refractivity contribution in [1.82, 2.24) is 0 Å². The number of nitrogens with zero attached hydrogens (tertiary/aromatic N) is 1. The Bertz CT molecular complexity index is 757. The van der Waals surface area contributed by atoms with Gasteiger partial charge in [-0.1, -0.05) is 38.1 Å². The minimum absolute atomic E-state index is 0.0487. The van der Waals surface area contributed by atoms with E-state index in [-0.39, 0.29) is 24.3 Å². The number of hydrogen-bond donors (Lipinski definition) is 2. The standard InChI is InChI=1S/C21H27N3O2/c1-5-24(18-9-7-6-8-10-18)14-20(25)23-19-13-17(12-11-16(19)4)22-21(26)15(2)3/h6-13,15H,5,14H2,1-4H3,(H,22,26)(H,23,25). The van der Waals surface area contributed by atoms with Crippen LogP contribution >= 0.6 is 0 Å². The first-order chi connectivity index (χ1) is 12.4. The number of likely N-dealkylation sites (N-methyl/N-ethyl adjacent to an activating group) is 1. The summed E-state index contributed by atoms with van der Waals surface area (Å²) in [4.78, 5) is 26.4. The molecule has 0 bridgehead atoms. The monoisotopic (exact) mass is 353 g/mol. The molecule has 2 rings (SSSR count). The first-order valence-electron chi connectivity index (χ1n) is 8.92. The maximum atomic E-state index is 12.5. The second-order valence-corrected chi connectivity index (χ2v) is 6.57. The molecule has 0 unspecified atom stereocenters. The third-order valence-electron chi connectivity index (χ3n) is 4.14. The molecule has 0 fully saturated rings. The van der Waals surface area contributed by atoms with E-state index in [1.165, 1.54) is 0 Å². The predicted molar refractivity (Wildman–Crippen MR) is 108 cm³/mol.